The number of nitrogens with one attached hydrogen (secondary N) is 1. The van der Waals surface area contributed by atoms with Gasteiger partial charge >= 0.3 is 0 Å². The number of nitrogens with zero attached hydrogens (tertiary/aromatic N) is 2. The van der Waals surface area contributed by atoms with Gasteiger partial charge in [0.05, 0.1) is 12.6 Å². The van der Waals surface area contributed by atoms with Crippen LogP contribution in [-0.2, 0) is 0 Å². The number of hydrogen-bond acceptors (Lipinski definition) is 3. The van der Waals surface area contributed by atoms with E-state index in [1.165, 1.54) is 5.56 Å². The minimum absolute atomic E-state index is 0.188. The Kier molecular flexibility index (Phi) is 4.06. The van der Waals surface area contributed by atoms with Gasteiger partial charge in [-0.15, -0.1) is 0 Å². The minimum atomic E-state index is 0.188. The first-order valence-corrected chi connectivity index (χ1v) is 5.92. The van der Waals surface area contributed by atoms with Crippen molar-refractivity contribution in [3.05, 3.63) is 54.4 Å². The summed E-state index contributed by atoms with van der Waals surface area (Å²) in [7, 11) is 0. The first-order chi connectivity index (χ1) is 8.81. The Bertz CT molecular complexity index is 526. The van der Waals surface area contributed by atoms with Crippen LogP contribution in [-0.4, -0.2) is 11.5 Å². The van der Waals surface area contributed by atoms with Crippen molar-refractivity contribution >= 4 is 0 Å². The Morgan fingerprint density at radius 1 is 1.22 bits per heavy atom. The van der Waals surface area contributed by atoms with Gasteiger partial charge in [-0.1, -0.05) is 30.3 Å². The van der Waals surface area contributed by atoms with Crippen LogP contribution in [0.1, 0.15) is 18.5 Å². The Labute approximate surface area is 107 Å². The van der Waals surface area contributed by atoms with E-state index in [-0.39, 0.29) is 6.04 Å². The highest BCUT2D eigenvalue weighted by Gasteiger charge is 2.04. The molecule has 1 heterocycles. The zero-order valence-corrected chi connectivity index (χ0v) is 10.3. The van der Waals surface area contributed by atoms with E-state index in [4.69, 9.17) is 5.26 Å². The molecule has 0 radical (unpaired) electrons. The highest BCUT2D eigenvalue weighted by molar-refractivity contribution is 5.62. The van der Waals surface area contributed by atoms with Crippen molar-refractivity contribution in [3.8, 4) is 17.2 Å². The van der Waals surface area contributed by atoms with Crippen LogP contribution in [0.5, 0.6) is 0 Å². The summed E-state index contributed by atoms with van der Waals surface area (Å²) >= 11 is 0. The highest BCUT2D eigenvalue weighted by atomic mass is 14.9. The number of aromatic nitrogens is 1. The Morgan fingerprint density at radius 3 is 2.61 bits per heavy atom. The molecule has 3 heteroatoms. The third-order valence-electron chi connectivity index (χ3n) is 2.89. The largest absolute Gasteiger partial charge is 0.298 e. The lowest BCUT2D eigenvalue weighted by Crippen LogP contribution is -2.18. The van der Waals surface area contributed by atoms with Crippen LogP contribution in [0.3, 0.4) is 0 Å². The van der Waals surface area contributed by atoms with E-state index in [0.29, 0.717) is 6.54 Å². The van der Waals surface area contributed by atoms with E-state index >= 15 is 0 Å². The molecule has 0 aliphatic carbocycles. The molecule has 90 valence electrons. The summed E-state index contributed by atoms with van der Waals surface area (Å²) in [5.74, 6) is 0. The molecule has 1 N–H and O–H groups in total. The molecule has 1 unspecified atom stereocenters. The van der Waals surface area contributed by atoms with Gasteiger partial charge in [0.15, 0.2) is 0 Å². The standard InChI is InChI=1S/C15H15N3/c1-12(18-10-8-16)13-4-6-14(7-5-13)15-3-2-9-17-11-15/h2-7,9,11-12,18H,10H2,1H3. The van der Waals surface area contributed by atoms with Gasteiger partial charge in [0.2, 0.25) is 0 Å². The quantitative estimate of drug-likeness (QED) is 0.832. The Balaban J connectivity index is 2.13. The predicted octanol–water partition coefficient (Wildman–Crippen LogP) is 2.92. The molecule has 0 aliphatic rings. The molecule has 1 aromatic heterocycles. The third kappa shape index (κ3) is 2.93. The molecule has 1 aromatic carbocycles. The molecule has 3 nitrogen and oxygen atoms in total. The SMILES string of the molecule is CC(NCC#N)c1ccc(-c2cccnc2)cc1. The van der Waals surface area contributed by atoms with Crippen molar-refractivity contribution < 1.29 is 0 Å². The van der Waals surface area contributed by atoms with Gasteiger partial charge in [-0.3, -0.25) is 10.3 Å². The predicted molar refractivity (Wildman–Crippen MR) is 71.7 cm³/mol. The molecule has 0 aliphatic heterocycles. The maximum atomic E-state index is 8.54. The van der Waals surface area contributed by atoms with E-state index in [1.54, 1.807) is 6.20 Å². The number of benzene rings is 1. The maximum absolute atomic E-state index is 8.54. The molecule has 0 fully saturated rings. The second kappa shape index (κ2) is 5.95. The molecule has 0 bridgehead atoms. The number of hydrogen-bond donors (Lipinski definition) is 1. The van der Waals surface area contributed by atoms with Crippen molar-refractivity contribution in [2.24, 2.45) is 0 Å². The van der Waals surface area contributed by atoms with Crippen LogP contribution in [0.25, 0.3) is 11.1 Å². The fraction of sp³-hybridized carbons (Fsp3) is 0.200. The van der Waals surface area contributed by atoms with Crippen LogP contribution < -0.4 is 5.32 Å². The molecule has 0 amide bonds. The smallest absolute Gasteiger partial charge is 0.0845 e. The molecular weight excluding hydrogens is 222 g/mol. The Hall–Kier alpha value is -2.18. The summed E-state index contributed by atoms with van der Waals surface area (Å²) in [6.07, 6.45) is 3.62. The van der Waals surface area contributed by atoms with Gasteiger partial charge in [0, 0.05) is 18.4 Å². The fourth-order valence-electron chi connectivity index (χ4n) is 1.81. The molecular formula is C15H15N3. The normalized spacial score (nSPS) is 11.8. The number of rotatable bonds is 4. The monoisotopic (exact) mass is 237 g/mol. The van der Waals surface area contributed by atoms with Crippen LogP contribution >= 0.6 is 0 Å². The van der Waals surface area contributed by atoms with E-state index in [1.807, 2.05) is 18.3 Å². The third-order valence-corrected chi connectivity index (χ3v) is 2.89. The topological polar surface area (TPSA) is 48.7 Å². The summed E-state index contributed by atoms with van der Waals surface area (Å²) in [6, 6.07) is 14.6. The van der Waals surface area contributed by atoms with Gasteiger partial charge in [-0.25, -0.2) is 0 Å². The summed E-state index contributed by atoms with van der Waals surface area (Å²) in [5.41, 5.74) is 3.44. The van der Waals surface area contributed by atoms with Crippen molar-refractivity contribution in [1.29, 1.82) is 5.26 Å². The Morgan fingerprint density at radius 2 is 2.00 bits per heavy atom. The molecule has 0 saturated carbocycles. The van der Waals surface area contributed by atoms with Gasteiger partial charge in [-0.05, 0) is 29.7 Å². The maximum Gasteiger partial charge on any atom is 0.0845 e. The van der Waals surface area contributed by atoms with Crippen molar-refractivity contribution in [2.75, 3.05) is 6.54 Å². The van der Waals surface area contributed by atoms with Crippen LogP contribution in [0.2, 0.25) is 0 Å². The van der Waals surface area contributed by atoms with Crippen LogP contribution in [0.4, 0.5) is 0 Å². The molecule has 18 heavy (non-hydrogen) atoms. The van der Waals surface area contributed by atoms with Crippen LogP contribution in [0.15, 0.2) is 48.8 Å². The molecule has 2 rings (SSSR count). The second-order valence-electron chi connectivity index (χ2n) is 4.12. The number of nitriles is 1. The van der Waals surface area contributed by atoms with E-state index in [9.17, 15) is 0 Å². The molecule has 1 atom stereocenters. The average Bonchev–Trinajstić information content (AvgIpc) is 2.46. The fourth-order valence-corrected chi connectivity index (χ4v) is 1.81. The summed E-state index contributed by atoms with van der Waals surface area (Å²) in [4.78, 5) is 4.11. The van der Waals surface area contributed by atoms with Gasteiger partial charge < -0.3 is 0 Å². The first kappa shape index (κ1) is 12.3. The second-order valence-corrected chi connectivity index (χ2v) is 4.12. The summed E-state index contributed by atoms with van der Waals surface area (Å²) < 4.78 is 0. The average molecular weight is 237 g/mol. The van der Waals surface area contributed by atoms with Gasteiger partial charge in [-0.2, -0.15) is 5.26 Å². The lowest BCUT2D eigenvalue weighted by molar-refractivity contribution is 0.621. The minimum Gasteiger partial charge on any atom is -0.298 e. The van der Waals surface area contributed by atoms with Gasteiger partial charge in [0.25, 0.3) is 0 Å². The zero-order chi connectivity index (χ0) is 12.8. The lowest BCUT2D eigenvalue weighted by Gasteiger charge is -2.12. The highest BCUT2D eigenvalue weighted by Crippen LogP contribution is 2.20. The van der Waals surface area contributed by atoms with E-state index in [0.717, 1.165) is 11.1 Å². The number of pyridine rings is 1. The van der Waals surface area contributed by atoms with Crippen LogP contribution in [0, 0.1) is 11.3 Å². The summed E-state index contributed by atoms with van der Waals surface area (Å²) in [6.45, 7) is 2.42. The summed E-state index contributed by atoms with van der Waals surface area (Å²) in [5, 5.41) is 11.7. The van der Waals surface area contributed by atoms with Crippen molar-refractivity contribution in [1.82, 2.24) is 10.3 Å². The zero-order valence-electron chi connectivity index (χ0n) is 10.3. The van der Waals surface area contributed by atoms with Gasteiger partial charge in [0.1, 0.15) is 0 Å². The first-order valence-electron chi connectivity index (χ1n) is 5.92. The lowest BCUT2D eigenvalue weighted by atomic mass is 10.0. The molecule has 0 saturated heterocycles. The molecule has 0 spiro atoms. The van der Waals surface area contributed by atoms with Crippen molar-refractivity contribution in [2.45, 2.75) is 13.0 Å². The molecule has 2 aromatic rings. The van der Waals surface area contributed by atoms with E-state index < -0.39 is 0 Å². The van der Waals surface area contributed by atoms with Crippen molar-refractivity contribution in [3.63, 3.8) is 0 Å². The van der Waals surface area contributed by atoms with E-state index in [2.05, 4.69) is 47.6 Å².